The lowest BCUT2D eigenvalue weighted by atomic mass is 9.93. The van der Waals surface area contributed by atoms with E-state index in [0.717, 1.165) is 28.5 Å². The van der Waals surface area contributed by atoms with E-state index in [1.807, 2.05) is 14.0 Å². The first-order valence-electron chi connectivity index (χ1n) is 5.69. The number of rotatable bonds is 5. The molecule has 0 aliphatic rings. The zero-order valence-electron chi connectivity index (χ0n) is 10.4. The maximum Gasteiger partial charge on any atom is 0.130 e. The predicted molar refractivity (Wildman–Crippen MR) is 73.4 cm³/mol. The minimum Gasteiger partial charge on any atom is -0.257 e. The molecule has 0 saturated carbocycles. The van der Waals surface area contributed by atoms with Crippen LogP contribution in [0.25, 0.3) is 0 Å². The quantitative estimate of drug-likeness (QED) is 0.752. The first-order chi connectivity index (χ1) is 7.45. The second-order valence-corrected chi connectivity index (χ2v) is 5.84. The largest absolute Gasteiger partial charge is 0.257 e. The fourth-order valence-electron chi connectivity index (χ4n) is 2.06. The van der Waals surface area contributed by atoms with Crippen LogP contribution in [-0.4, -0.2) is 15.1 Å². The van der Waals surface area contributed by atoms with Crippen LogP contribution >= 0.6 is 27.5 Å². The van der Waals surface area contributed by atoms with Gasteiger partial charge in [0.25, 0.3) is 0 Å². The molecule has 0 aliphatic carbocycles. The molecule has 0 aliphatic heterocycles. The zero-order valence-corrected chi connectivity index (χ0v) is 12.8. The first kappa shape index (κ1) is 14.0. The molecule has 0 saturated heterocycles. The standard InChI is InChI=1S/C12H20BrClN2/c1-8(2)5-10(7-13)6-11-9(3)15-16(4)12(11)14/h8,10H,5-7H2,1-4H3. The molecule has 0 spiro atoms. The van der Waals surface area contributed by atoms with E-state index >= 15 is 0 Å². The molecular weight excluding hydrogens is 288 g/mol. The molecule has 2 nitrogen and oxygen atoms in total. The van der Waals surface area contributed by atoms with Crippen LogP contribution in [0.4, 0.5) is 0 Å². The van der Waals surface area contributed by atoms with Crippen molar-refractivity contribution < 1.29 is 0 Å². The summed E-state index contributed by atoms with van der Waals surface area (Å²) >= 11 is 9.82. The van der Waals surface area contributed by atoms with Gasteiger partial charge >= 0.3 is 0 Å². The number of aromatic nitrogens is 2. The first-order valence-corrected chi connectivity index (χ1v) is 7.19. The van der Waals surface area contributed by atoms with E-state index in [1.165, 1.54) is 12.0 Å². The number of nitrogens with zero attached hydrogens (tertiary/aromatic N) is 2. The van der Waals surface area contributed by atoms with Gasteiger partial charge in [-0.1, -0.05) is 41.4 Å². The summed E-state index contributed by atoms with van der Waals surface area (Å²) in [5.41, 5.74) is 2.26. The summed E-state index contributed by atoms with van der Waals surface area (Å²) in [4.78, 5) is 0. The highest BCUT2D eigenvalue weighted by atomic mass is 79.9. The van der Waals surface area contributed by atoms with Gasteiger partial charge in [0, 0.05) is 17.9 Å². The third-order valence-electron chi connectivity index (χ3n) is 2.79. The number of halogens is 2. The molecular formula is C12H20BrClN2. The van der Waals surface area contributed by atoms with Crippen LogP contribution in [0.1, 0.15) is 31.5 Å². The van der Waals surface area contributed by atoms with E-state index in [1.54, 1.807) is 4.68 Å². The number of alkyl halides is 1. The lowest BCUT2D eigenvalue weighted by Gasteiger charge is -2.16. The Balaban J connectivity index is 2.77. The highest BCUT2D eigenvalue weighted by molar-refractivity contribution is 9.09. The molecule has 1 aromatic rings. The van der Waals surface area contributed by atoms with Crippen LogP contribution in [0.5, 0.6) is 0 Å². The van der Waals surface area contributed by atoms with Crippen molar-refractivity contribution in [3.63, 3.8) is 0 Å². The average Bonchev–Trinajstić information content (AvgIpc) is 2.43. The molecule has 1 rings (SSSR count). The Morgan fingerprint density at radius 2 is 2.06 bits per heavy atom. The smallest absolute Gasteiger partial charge is 0.130 e. The fourth-order valence-corrected chi connectivity index (χ4v) is 2.81. The topological polar surface area (TPSA) is 17.8 Å². The third-order valence-corrected chi connectivity index (χ3v) is 4.17. The molecule has 1 aromatic heterocycles. The van der Waals surface area contributed by atoms with Gasteiger partial charge in [-0.3, -0.25) is 4.68 Å². The molecule has 1 unspecified atom stereocenters. The number of hydrogen-bond donors (Lipinski definition) is 0. The van der Waals surface area contributed by atoms with Crippen LogP contribution in [0, 0.1) is 18.8 Å². The minimum atomic E-state index is 0.639. The number of hydrogen-bond acceptors (Lipinski definition) is 1. The van der Waals surface area contributed by atoms with Gasteiger partial charge < -0.3 is 0 Å². The summed E-state index contributed by atoms with van der Waals surface area (Å²) < 4.78 is 1.76. The summed E-state index contributed by atoms with van der Waals surface area (Å²) in [6.45, 7) is 6.54. The Hall–Kier alpha value is -0.0200. The van der Waals surface area contributed by atoms with Crippen LogP contribution in [0.3, 0.4) is 0 Å². The number of aryl methyl sites for hydroxylation is 2. The van der Waals surface area contributed by atoms with Crippen molar-refractivity contribution in [2.24, 2.45) is 18.9 Å². The van der Waals surface area contributed by atoms with Crippen molar-refractivity contribution in [2.45, 2.75) is 33.6 Å². The second-order valence-electron chi connectivity index (χ2n) is 4.83. The van der Waals surface area contributed by atoms with Crippen molar-refractivity contribution in [3.8, 4) is 0 Å². The monoisotopic (exact) mass is 306 g/mol. The molecule has 16 heavy (non-hydrogen) atoms. The molecule has 1 atom stereocenters. The van der Waals surface area contributed by atoms with Gasteiger partial charge in [0.2, 0.25) is 0 Å². The normalized spacial score (nSPS) is 13.4. The van der Waals surface area contributed by atoms with Gasteiger partial charge in [0.15, 0.2) is 0 Å². The van der Waals surface area contributed by atoms with Gasteiger partial charge in [-0.25, -0.2) is 0 Å². The van der Waals surface area contributed by atoms with Crippen LogP contribution in [-0.2, 0) is 13.5 Å². The molecule has 0 N–H and O–H groups in total. The lowest BCUT2D eigenvalue weighted by Crippen LogP contribution is -2.10. The van der Waals surface area contributed by atoms with Crippen molar-refractivity contribution in [1.29, 1.82) is 0 Å². The highest BCUT2D eigenvalue weighted by Gasteiger charge is 2.17. The fraction of sp³-hybridized carbons (Fsp3) is 0.750. The van der Waals surface area contributed by atoms with E-state index in [2.05, 4.69) is 34.9 Å². The van der Waals surface area contributed by atoms with E-state index in [4.69, 9.17) is 11.6 Å². The zero-order chi connectivity index (χ0) is 12.3. The predicted octanol–water partition coefficient (Wildman–Crippen LogP) is 3.98. The Morgan fingerprint density at radius 3 is 2.44 bits per heavy atom. The maximum absolute atomic E-state index is 6.24. The maximum atomic E-state index is 6.24. The van der Waals surface area contributed by atoms with Gasteiger partial charge in [-0.2, -0.15) is 5.10 Å². The van der Waals surface area contributed by atoms with Crippen molar-refractivity contribution in [2.75, 3.05) is 5.33 Å². The summed E-state index contributed by atoms with van der Waals surface area (Å²) in [6, 6.07) is 0. The van der Waals surface area contributed by atoms with Gasteiger partial charge in [0.1, 0.15) is 5.15 Å². The molecule has 4 heteroatoms. The van der Waals surface area contributed by atoms with E-state index in [0.29, 0.717) is 5.92 Å². The van der Waals surface area contributed by atoms with Crippen LogP contribution < -0.4 is 0 Å². The summed E-state index contributed by atoms with van der Waals surface area (Å²) in [6.07, 6.45) is 2.23. The molecule has 0 amide bonds. The Morgan fingerprint density at radius 1 is 1.44 bits per heavy atom. The van der Waals surface area contributed by atoms with Gasteiger partial charge in [-0.05, 0) is 31.6 Å². The summed E-state index contributed by atoms with van der Waals surface area (Å²) in [7, 11) is 1.89. The summed E-state index contributed by atoms with van der Waals surface area (Å²) in [5.74, 6) is 1.36. The summed E-state index contributed by atoms with van der Waals surface area (Å²) in [5, 5.41) is 6.15. The molecule has 0 fully saturated rings. The SMILES string of the molecule is Cc1nn(C)c(Cl)c1CC(CBr)CC(C)C. The Bertz CT molecular complexity index is 347. The van der Waals surface area contributed by atoms with Crippen LogP contribution in [0.15, 0.2) is 0 Å². The van der Waals surface area contributed by atoms with E-state index in [-0.39, 0.29) is 0 Å². The Kier molecular flexibility index (Phi) is 5.32. The molecule has 0 aromatic carbocycles. The van der Waals surface area contributed by atoms with Crippen LogP contribution in [0.2, 0.25) is 5.15 Å². The molecule has 0 radical (unpaired) electrons. The third kappa shape index (κ3) is 3.49. The lowest BCUT2D eigenvalue weighted by molar-refractivity contribution is 0.444. The van der Waals surface area contributed by atoms with Gasteiger partial charge in [0.05, 0.1) is 5.69 Å². The van der Waals surface area contributed by atoms with Crippen molar-refractivity contribution >= 4 is 27.5 Å². The molecule has 1 heterocycles. The minimum absolute atomic E-state index is 0.639. The van der Waals surface area contributed by atoms with E-state index < -0.39 is 0 Å². The molecule has 92 valence electrons. The Labute approximate surface area is 111 Å². The van der Waals surface area contributed by atoms with E-state index in [9.17, 15) is 0 Å². The highest BCUT2D eigenvalue weighted by Crippen LogP contribution is 2.26. The second kappa shape index (κ2) is 6.06. The average molecular weight is 308 g/mol. The van der Waals surface area contributed by atoms with Gasteiger partial charge in [-0.15, -0.1) is 0 Å². The van der Waals surface area contributed by atoms with Crippen molar-refractivity contribution in [1.82, 2.24) is 9.78 Å². The molecule has 0 bridgehead atoms. The van der Waals surface area contributed by atoms with Crippen molar-refractivity contribution in [3.05, 3.63) is 16.4 Å².